The van der Waals surface area contributed by atoms with E-state index in [2.05, 4.69) is 342 Å². The molecule has 0 atom stereocenters. The molecule has 0 bridgehead atoms. The van der Waals surface area contributed by atoms with Crippen LogP contribution in [0.25, 0.3) is 115 Å². The van der Waals surface area contributed by atoms with Gasteiger partial charge in [0.05, 0.1) is 39.6 Å². The second-order valence-electron chi connectivity index (χ2n) is 26.9. The smallest absolute Gasteiger partial charge is 0.129 e. The van der Waals surface area contributed by atoms with Crippen LogP contribution in [0.15, 0.2) is 291 Å². The van der Waals surface area contributed by atoms with E-state index in [-0.39, 0.29) is 10.8 Å². The summed E-state index contributed by atoms with van der Waals surface area (Å²) in [6.45, 7) is 13.8. The summed E-state index contributed by atoms with van der Waals surface area (Å²) in [6, 6.07) is 109. The number of nitrogens with zero attached hydrogens (tertiary/aromatic N) is 4. The van der Waals surface area contributed by atoms with Gasteiger partial charge in [0.1, 0.15) is 11.0 Å². The van der Waals surface area contributed by atoms with Gasteiger partial charge in [-0.2, -0.15) is 8.75 Å². The Balaban J connectivity index is 0.806. The second-order valence-corrected chi connectivity index (χ2v) is 27.5. The fourth-order valence-electron chi connectivity index (χ4n) is 15.2. The average molecular weight is 1200 g/mol. The standard InChI is InChI=1S/C87H66N4S/c1-85(2,3)60-39-43-62(44-40-60)87(63-45-41-61(42-46-63)86(4,5)6)74-29-14-12-24-72(74)81-67(26-18-30-75(81)87)58-37-49-65(50-38-58)90(64-47-35-56(36-48-64)55-19-8-7-9-20-55)79-54-52-71(83-84(79)89-92-88-83)68-27-17-28-70-69(68)51-53-78-82(70)73-25-13-15-31-76(73)91(78)77-32-16-22-59-34-33-57-21-10-11-23-66(57)80(59)77/h7-54H,1-6H3. The first-order valence-electron chi connectivity index (χ1n) is 32.0. The van der Waals surface area contributed by atoms with Crippen LogP contribution in [0.5, 0.6) is 0 Å². The van der Waals surface area contributed by atoms with Crippen LogP contribution in [0.2, 0.25) is 0 Å². The van der Waals surface area contributed by atoms with Gasteiger partial charge in [-0.25, -0.2) is 0 Å². The van der Waals surface area contributed by atoms with Crippen LogP contribution in [-0.2, 0) is 16.2 Å². The van der Waals surface area contributed by atoms with E-state index in [0.717, 1.165) is 50.3 Å². The monoisotopic (exact) mass is 1200 g/mol. The minimum atomic E-state index is -0.552. The Morgan fingerprint density at radius 2 is 0.902 bits per heavy atom. The summed E-state index contributed by atoms with van der Waals surface area (Å²) in [6.07, 6.45) is 0. The Morgan fingerprint density at radius 1 is 0.348 bits per heavy atom. The molecule has 0 N–H and O–H groups in total. The summed E-state index contributed by atoms with van der Waals surface area (Å²) in [5.41, 5.74) is 24.9. The number of aromatic nitrogens is 3. The zero-order chi connectivity index (χ0) is 62.0. The van der Waals surface area contributed by atoms with Crippen molar-refractivity contribution < 1.29 is 0 Å². The maximum Gasteiger partial charge on any atom is 0.129 e. The first kappa shape index (κ1) is 55.4. The van der Waals surface area contributed by atoms with Crippen LogP contribution in [0, 0.1) is 0 Å². The lowest BCUT2D eigenvalue weighted by Gasteiger charge is -2.35. The van der Waals surface area contributed by atoms with Crippen molar-refractivity contribution in [3.8, 4) is 50.2 Å². The van der Waals surface area contributed by atoms with Gasteiger partial charge in [0.15, 0.2) is 0 Å². The van der Waals surface area contributed by atoms with Crippen LogP contribution >= 0.6 is 11.7 Å². The van der Waals surface area contributed by atoms with E-state index < -0.39 is 5.41 Å². The predicted octanol–water partition coefficient (Wildman–Crippen LogP) is 23.7. The number of benzene rings is 14. The molecule has 14 aromatic carbocycles. The molecular formula is C87H66N4S. The van der Waals surface area contributed by atoms with E-state index in [4.69, 9.17) is 8.75 Å². The largest absolute Gasteiger partial charge is 0.309 e. The van der Waals surface area contributed by atoms with Crippen molar-refractivity contribution >= 4 is 93.9 Å². The van der Waals surface area contributed by atoms with Crippen molar-refractivity contribution in [2.24, 2.45) is 0 Å². The Kier molecular flexibility index (Phi) is 12.8. The van der Waals surface area contributed by atoms with Gasteiger partial charge < -0.3 is 9.47 Å². The molecule has 17 rings (SSSR count). The summed E-state index contributed by atoms with van der Waals surface area (Å²) in [4.78, 5) is 2.36. The van der Waals surface area contributed by atoms with E-state index in [1.54, 1.807) is 0 Å². The highest BCUT2D eigenvalue weighted by Gasteiger charge is 2.47. The Morgan fingerprint density at radius 3 is 1.63 bits per heavy atom. The molecular weight excluding hydrogens is 1130 g/mol. The van der Waals surface area contributed by atoms with Crippen molar-refractivity contribution in [2.75, 3.05) is 4.90 Å². The number of rotatable bonds is 9. The molecule has 4 nitrogen and oxygen atoms in total. The van der Waals surface area contributed by atoms with Crippen LogP contribution in [0.1, 0.15) is 74.9 Å². The molecule has 440 valence electrons. The Hall–Kier alpha value is -10.7. The lowest BCUT2D eigenvalue weighted by atomic mass is 9.66. The van der Waals surface area contributed by atoms with Crippen LogP contribution < -0.4 is 4.90 Å². The summed E-state index contributed by atoms with van der Waals surface area (Å²) in [5, 5.41) is 9.77. The van der Waals surface area contributed by atoms with Crippen LogP contribution in [0.4, 0.5) is 17.1 Å². The number of fused-ring (bicyclic) bond motifs is 12. The van der Waals surface area contributed by atoms with Gasteiger partial charge in [0.2, 0.25) is 0 Å². The molecule has 0 saturated carbocycles. The molecule has 0 radical (unpaired) electrons. The average Bonchev–Trinajstić information content (AvgIpc) is 1.53. The molecule has 92 heavy (non-hydrogen) atoms. The first-order valence-corrected chi connectivity index (χ1v) is 32.8. The SMILES string of the molecule is CC(C)(C)c1ccc(C2(c3ccc(C(C)(C)C)cc3)c3ccccc3-c3c(-c4ccc(N(c5ccc(-c6ccccc6)cc5)c5ccc(-c6cccc7c6ccc6c7c7ccccc7n6-c6cccc7ccc8ccccc8c67)c6nsnc56)cc4)cccc32)cc1. The predicted molar refractivity (Wildman–Crippen MR) is 390 cm³/mol. The lowest BCUT2D eigenvalue weighted by molar-refractivity contribution is 0.588. The highest BCUT2D eigenvalue weighted by atomic mass is 32.1. The number of anilines is 3. The van der Waals surface area contributed by atoms with Gasteiger partial charge in [-0.15, -0.1) is 0 Å². The summed E-state index contributed by atoms with van der Waals surface area (Å²) in [7, 11) is 0. The van der Waals surface area contributed by atoms with E-state index >= 15 is 0 Å². The minimum absolute atomic E-state index is 0.0200. The van der Waals surface area contributed by atoms with Crippen molar-refractivity contribution in [1.29, 1.82) is 0 Å². The molecule has 0 unspecified atom stereocenters. The Bertz CT molecular complexity index is 5510. The van der Waals surface area contributed by atoms with Gasteiger partial charge in [-0.3, -0.25) is 0 Å². The molecule has 16 aromatic rings. The van der Waals surface area contributed by atoms with E-state index in [1.807, 2.05) is 0 Å². The molecule has 0 aliphatic heterocycles. The summed E-state index contributed by atoms with van der Waals surface area (Å²) < 4.78 is 12.9. The third-order valence-electron chi connectivity index (χ3n) is 19.7. The molecule has 0 fully saturated rings. The van der Waals surface area contributed by atoms with Crippen LogP contribution in [-0.4, -0.2) is 13.3 Å². The maximum absolute atomic E-state index is 5.20. The number of hydrogen-bond acceptors (Lipinski definition) is 4. The van der Waals surface area contributed by atoms with Crippen molar-refractivity contribution in [2.45, 2.75) is 57.8 Å². The van der Waals surface area contributed by atoms with Gasteiger partial charge in [-0.05, 0) is 165 Å². The van der Waals surface area contributed by atoms with Crippen molar-refractivity contribution in [3.63, 3.8) is 0 Å². The highest BCUT2D eigenvalue weighted by molar-refractivity contribution is 7.00. The molecule has 0 spiro atoms. The minimum Gasteiger partial charge on any atom is -0.309 e. The maximum atomic E-state index is 5.20. The second kappa shape index (κ2) is 21.2. The first-order chi connectivity index (χ1) is 44.9. The zero-order valence-electron chi connectivity index (χ0n) is 52.4. The molecule has 2 aromatic heterocycles. The summed E-state index contributed by atoms with van der Waals surface area (Å²) >= 11 is 1.27. The van der Waals surface area contributed by atoms with Gasteiger partial charge >= 0.3 is 0 Å². The van der Waals surface area contributed by atoms with E-state index in [0.29, 0.717) is 0 Å². The van der Waals surface area contributed by atoms with Gasteiger partial charge in [-0.1, -0.05) is 278 Å². The van der Waals surface area contributed by atoms with Crippen LogP contribution in [0.3, 0.4) is 0 Å². The lowest BCUT2D eigenvalue weighted by Crippen LogP contribution is -2.29. The third kappa shape index (κ3) is 8.63. The molecule has 5 heteroatoms. The quantitative estimate of drug-likeness (QED) is 0.135. The Labute approximate surface area is 541 Å². The fourth-order valence-corrected chi connectivity index (χ4v) is 15.8. The fraction of sp³-hybridized carbons (Fsp3) is 0.103. The van der Waals surface area contributed by atoms with Gasteiger partial charge in [0, 0.05) is 33.1 Å². The topological polar surface area (TPSA) is 34.0 Å². The molecule has 2 heterocycles. The van der Waals surface area contributed by atoms with Crippen molar-refractivity contribution in [1.82, 2.24) is 13.3 Å². The molecule has 1 aliphatic carbocycles. The van der Waals surface area contributed by atoms with E-state index in [9.17, 15) is 0 Å². The number of hydrogen-bond donors (Lipinski definition) is 0. The van der Waals surface area contributed by atoms with Gasteiger partial charge in [0.25, 0.3) is 0 Å². The molecule has 0 saturated heterocycles. The summed E-state index contributed by atoms with van der Waals surface area (Å²) in [5.74, 6) is 0. The molecule has 1 aliphatic rings. The third-order valence-corrected chi connectivity index (χ3v) is 20.2. The van der Waals surface area contributed by atoms with Crippen molar-refractivity contribution in [3.05, 3.63) is 325 Å². The van der Waals surface area contributed by atoms with E-state index in [1.165, 1.54) is 127 Å². The molecule has 0 amide bonds. The zero-order valence-corrected chi connectivity index (χ0v) is 53.2. The normalized spacial score (nSPS) is 13.0. The highest BCUT2D eigenvalue weighted by Crippen LogP contribution is 2.59. The number of para-hydroxylation sites is 1.